The zero-order valence-corrected chi connectivity index (χ0v) is 18.5. The van der Waals surface area contributed by atoms with Gasteiger partial charge in [-0.15, -0.1) is 0 Å². The Balaban J connectivity index is 1.77. The van der Waals surface area contributed by atoms with Gasteiger partial charge in [-0.25, -0.2) is 4.98 Å². The predicted octanol–water partition coefficient (Wildman–Crippen LogP) is 4.62. The third-order valence-corrected chi connectivity index (χ3v) is 5.97. The Labute approximate surface area is 181 Å². The molecule has 0 saturated carbocycles. The van der Waals surface area contributed by atoms with E-state index in [4.69, 9.17) is 0 Å². The average Bonchev–Trinajstić information content (AvgIpc) is 2.75. The van der Waals surface area contributed by atoms with Crippen molar-refractivity contribution in [3.8, 4) is 0 Å². The number of carbonyl (C=O) groups excluding carboxylic acids is 1. The number of fused-ring (bicyclic) bond motifs is 1. The molecule has 1 heterocycles. The van der Waals surface area contributed by atoms with Crippen LogP contribution >= 0.6 is 11.8 Å². The first-order valence-corrected chi connectivity index (χ1v) is 11.5. The monoisotopic (exact) mass is 423 g/mol. The van der Waals surface area contributed by atoms with E-state index in [-0.39, 0.29) is 23.3 Å². The van der Waals surface area contributed by atoms with E-state index in [1.807, 2.05) is 55.5 Å². The van der Waals surface area contributed by atoms with E-state index in [0.717, 1.165) is 18.4 Å². The Morgan fingerprint density at radius 3 is 2.60 bits per heavy atom. The molecule has 1 aromatic heterocycles. The van der Waals surface area contributed by atoms with Crippen LogP contribution < -0.4 is 10.9 Å². The second-order valence-electron chi connectivity index (χ2n) is 7.54. The maximum Gasteiger partial charge on any atom is 0.262 e. The molecule has 0 aliphatic rings. The van der Waals surface area contributed by atoms with Gasteiger partial charge in [-0.2, -0.15) is 0 Å². The fourth-order valence-corrected chi connectivity index (χ4v) is 4.19. The van der Waals surface area contributed by atoms with Crippen LogP contribution in [-0.4, -0.2) is 27.3 Å². The first kappa shape index (κ1) is 22.1. The van der Waals surface area contributed by atoms with Crippen LogP contribution in [0.5, 0.6) is 0 Å². The molecule has 0 saturated heterocycles. The number of carbonyl (C=O) groups is 1. The molecule has 1 N–H and O–H groups in total. The molecule has 1 amide bonds. The zero-order chi connectivity index (χ0) is 21.3. The van der Waals surface area contributed by atoms with Crippen molar-refractivity contribution < 1.29 is 4.79 Å². The number of para-hydroxylation sites is 1. The van der Waals surface area contributed by atoms with Crippen LogP contribution in [0.4, 0.5) is 0 Å². The van der Waals surface area contributed by atoms with Crippen LogP contribution in [0.25, 0.3) is 10.9 Å². The second kappa shape index (κ2) is 11.0. The normalized spacial score (nSPS) is 12.1. The average molecular weight is 424 g/mol. The molecule has 1 atom stereocenters. The summed E-state index contributed by atoms with van der Waals surface area (Å²) in [6.07, 6.45) is 4.45. The summed E-state index contributed by atoms with van der Waals surface area (Å²) in [5.74, 6) is 0.204. The molecule has 2 aromatic carbocycles. The summed E-state index contributed by atoms with van der Waals surface area (Å²) in [7, 11) is 0. The number of benzene rings is 2. The number of hydrogen-bond donors (Lipinski definition) is 1. The molecule has 1 unspecified atom stereocenters. The van der Waals surface area contributed by atoms with Crippen molar-refractivity contribution in [2.45, 2.75) is 57.3 Å². The smallest absolute Gasteiger partial charge is 0.262 e. The standard InChI is InChI=1S/C24H29N3O2S/c1-3-4-6-11-18(2)25-22(28)17-30-24-26-21-15-10-9-14-20(21)23(29)27(24)16-19-12-7-5-8-13-19/h5,7-10,12-15,18H,3-4,6,11,16-17H2,1-2H3,(H,25,28). The summed E-state index contributed by atoms with van der Waals surface area (Å²) in [6.45, 7) is 4.64. The molecule has 0 aliphatic heterocycles. The van der Waals surface area contributed by atoms with Gasteiger partial charge >= 0.3 is 0 Å². The molecular weight excluding hydrogens is 394 g/mol. The van der Waals surface area contributed by atoms with Gasteiger partial charge in [-0.3, -0.25) is 14.2 Å². The molecule has 3 rings (SSSR count). The lowest BCUT2D eigenvalue weighted by atomic mass is 10.1. The lowest BCUT2D eigenvalue weighted by Gasteiger charge is -2.15. The topological polar surface area (TPSA) is 64.0 Å². The molecule has 0 radical (unpaired) electrons. The number of amides is 1. The molecule has 0 bridgehead atoms. The van der Waals surface area contributed by atoms with Crippen molar-refractivity contribution in [2.75, 3.05) is 5.75 Å². The van der Waals surface area contributed by atoms with E-state index in [1.165, 1.54) is 24.6 Å². The van der Waals surface area contributed by atoms with Crippen molar-refractivity contribution in [1.29, 1.82) is 0 Å². The van der Waals surface area contributed by atoms with Crippen LogP contribution in [0, 0.1) is 0 Å². The number of nitrogens with zero attached hydrogens (tertiary/aromatic N) is 2. The van der Waals surface area contributed by atoms with Crippen molar-refractivity contribution in [1.82, 2.24) is 14.9 Å². The highest BCUT2D eigenvalue weighted by molar-refractivity contribution is 7.99. The fourth-order valence-electron chi connectivity index (χ4n) is 3.38. The third kappa shape index (κ3) is 5.95. The molecule has 0 aliphatic carbocycles. The summed E-state index contributed by atoms with van der Waals surface area (Å²) in [6, 6.07) is 17.3. The summed E-state index contributed by atoms with van der Waals surface area (Å²) in [5, 5.41) is 4.21. The van der Waals surface area contributed by atoms with Gasteiger partial charge in [0, 0.05) is 6.04 Å². The Morgan fingerprint density at radius 1 is 1.10 bits per heavy atom. The van der Waals surface area contributed by atoms with E-state index in [2.05, 4.69) is 17.2 Å². The quantitative estimate of drug-likeness (QED) is 0.294. The minimum atomic E-state index is -0.0831. The van der Waals surface area contributed by atoms with Gasteiger partial charge in [-0.1, -0.05) is 80.4 Å². The Morgan fingerprint density at radius 2 is 1.83 bits per heavy atom. The van der Waals surface area contributed by atoms with Crippen LogP contribution in [0.15, 0.2) is 64.5 Å². The number of aromatic nitrogens is 2. The highest BCUT2D eigenvalue weighted by Crippen LogP contribution is 2.19. The van der Waals surface area contributed by atoms with Crippen LogP contribution in [0.2, 0.25) is 0 Å². The lowest BCUT2D eigenvalue weighted by molar-refractivity contribution is -0.119. The second-order valence-corrected chi connectivity index (χ2v) is 8.48. The Bertz CT molecular complexity index is 1030. The molecule has 158 valence electrons. The van der Waals surface area contributed by atoms with Crippen molar-refractivity contribution in [2.24, 2.45) is 0 Å². The summed E-state index contributed by atoms with van der Waals surface area (Å²) < 4.78 is 1.67. The molecule has 30 heavy (non-hydrogen) atoms. The molecular formula is C24H29N3O2S. The minimum Gasteiger partial charge on any atom is -0.353 e. The molecule has 3 aromatic rings. The number of unbranched alkanes of at least 4 members (excludes halogenated alkanes) is 2. The largest absolute Gasteiger partial charge is 0.353 e. The fraction of sp³-hybridized carbons (Fsp3) is 0.375. The number of rotatable bonds is 10. The van der Waals surface area contributed by atoms with Gasteiger partial charge in [0.1, 0.15) is 0 Å². The summed E-state index contributed by atoms with van der Waals surface area (Å²) in [5.41, 5.74) is 1.59. The van der Waals surface area contributed by atoms with Gasteiger partial charge in [0.05, 0.1) is 23.2 Å². The number of hydrogen-bond acceptors (Lipinski definition) is 4. The number of thioether (sulfide) groups is 1. The highest BCUT2D eigenvalue weighted by Gasteiger charge is 2.14. The summed E-state index contributed by atoms with van der Waals surface area (Å²) >= 11 is 1.31. The van der Waals surface area contributed by atoms with E-state index in [0.29, 0.717) is 22.6 Å². The van der Waals surface area contributed by atoms with Gasteiger partial charge in [0.25, 0.3) is 5.56 Å². The van der Waals surface area contributed by atoms with Crippen molar-refractivity contribution in [3.63, 3.8) is 0 Å². The molecule has 0 spiro atoms. The first-order valence-electron chi connectivity index (χ1n) is 10.5. The first-order chi connectivity index (χ1) is 14.6. The van der Waals surface area contributed by atoms with Crippen LogP contribution in [-0.2, 0) is 11.3 Å². The minimum absolute atomic E-state index is 0.0299. The summed E-state index contributed by atoms with van der Waals surface area (Å²) in [4.78, 5) is 30.3. The van der Waals surface area contributed by atoms with Gasteiger partial charge < -0.3 is 5.32 Å². The highest BCUT2D eigenvalue weighted by atomic mass is 32.2. The zero-order valence-electron chi connectivity index (χ0n) is 17.6. The Hall–Kier alpha value is -2.60. The Kier molecular flexibility index (Phi) is 8.08. The maximum atomic E-state index is 13.1. The third-order valence-electron chi connectivity index (χ3n) is 4.99. The van der Waals surface area contributed by atoms with E-state index >= 15 is 0 Å². The van der Waals surface area contributed by atoms with E-state index < -0.39 is 0 Å². The van der Waals surface area contributed by atoms with Crippen molar-refractivity contribution in [3.05, 3.63) is 70.5 Å². The maximum absolute atomic E-state index is 13.1. The predicted molar refractivity (Wildman–Crippen MR) is 124 cm³/mol. The van der Waals surface area contributed by atoms with Crippen LogP contribution in [0.1, 0.15) is 45.1 Å². The van der Waals surface area contributed by atoms with Gasteiger partial charge in [0.15, 0.2) is 5.16 Å². The van der Waals surface area contributed by atoms with Gasteiger partial charge in [-0.05, 0) is 31.0 Å². The lowest BCUT2D eigenvalue weighted by Crippen LogP contribution is -2.34. The number of nitrogens with one attached hydrogen (secondary N) is 1. The molecule has 6 heteroatoms. The van der Waals surface area contributed by atoms with E-state index in [1.54, 1.807) is 10.6 Å². The molecule has 0 fully saturated rings. The van der Waals surface area contributed by atoms with Crippen LogP contribution in [0.3, 0.4) is 0 Å². The SMILES string of the molecule is CCCCCC(C)NC(=O)CSc1nc2ccccc2c(=O)n1Cc1ccccc1. The van der Waals surface area contributed by atoms with E-state index in [9.17, 15) is 9.59 Å². The molecule has 5 nitrogen and oxygen atoms in total. The van der Waals surface area contributed by atoms with Crippen molar-refractivity contribution >= 4 is 28.6 Å². The van der Waals surface area contributed by atoms with Gasteiger partial charge in [0.2, 0.25) is 5.91 Å².